The largest absolute Gasteiger partial charge is 0.480 e. The van der Waals surface area contributed by atoms with E-state index in [-0.39, 0.29) is 13.0 Å². The van der Waals surface area contributed by atoms with Crippen LogP contribution in [0.4, 0.5) is 0 Å². The Kier molecular flexibility index (Phi) is 3.07. The maximum atomic E-state index is 11.3. The number of rotatable bonds is 5. The van der Waals surface area contributed by atoms with E-state index in [1.807, 2.05) is 0 Å². The molecule has 1 amide bonds. The number of carboxylic acid groups (broad SMARTS) is 1. The Labute approximate surface area is 81.1 Å². The molecule has 5 N–H and O–H groups in total. The number of aliphatic hydroxyl groups excluding tert-OH is 1. The minimum Gasteiger partial charge on any atom is -0.480 e. The van der Waals surface area contributed by atoms with Gasteiger partial charge in [0.15, 0.2) is 0 Å². The summed E-state index contributed by atoms with van der Waals surface area (Å²) in [4.78, 5) is 21.9. The number of amides is 1. The second-order valence-electron chi connectivity index (χ2n) is 3.53. The summed E-state index contributed by atoms with van der Waals surface area (Å²) in [6.45, 7) is -0.283. The van der Waals surface area contributed by atoms with E-state index in [0.29, 0.717) is 12.8 Å². The van der Waals surface area contributed by atoms with Gasteiger partial charge in [-0.1, -0.05) is 0 Å². The molecule has 80 valence electrons. The van der Waals surface area contributed by atoms with Crippen molar-refractivity contribution in [2.45, 2.75) is 30.8 Å². The highest BCUT2D eigenvalue weighted by Gasteiger charge is 2.46. The molecule has 0 aromatic heterocycles. The minimum atomic E-state index is -1.16. The van der Waals surface area contributed by atoms with Gasteiger partial charge < -0.3 is 21.3 Å². The Morgan fingerprint density at radius 3 is 2.43 bits per heavy atom. The molecule has 0 aliphatic heterocycles. The molecule has 0 spiro atoms. The molecule has 0 heterocycles. The molecule has 6 heteroatoms. The number of nitrogens with two attached hydrogens (primary N) is 1. The fourth-order valence-corrected chi connectivity index (χ4v) is 1.05. The lowest BCUT2D eigenvalue weighted by atomic mass is 10.2. The predicted octanol–water partition coefficient (Wildman–Crippen LogP) is -1.57. The van der Waals surface area contributed by atoms with Gasteiger partial charge in [0.1, 0.15) is 6.04 Å². The third kappa shape index (κ3) is 2.43. The first-order valence-electron chi connectivity index (χ1n) is 4.43. The molecule has 0 unspecified atom stereocenters. The zero-order valence-electron chi connectivity index (χ0n) is 7.69. The Morgan fingerprint density at radius 2 is 2.07 bits per heavy atom. The number of carboxylic acids is 1. The molecule has 1 aliphatic rings. The quantitative estimate of drug-likeness (QED) is 0.430. The summed E-state index contributed by atoms with van der Waals surface area (Å²) in [5.41, 5.74) is 4.70. The van der Waals surface area contributed by atoms with Crippen LogP contribution in [0.15, 0.2) is 0 Å². The van der Waals surface area contributed by atoms with Gasteiger partial charge in [0.05, 0.1) is 5.54 Å². The number of aliphatic hydroxyl groups is 1. The highest BCUT2D eigenvalue weighted by Crippen LogP contribution is 2.32. The lowest BCUT2D eigenvalue weighted by molar-refractivity contribution is -0.142. The van der Waals surface area contributed by atoms with Crippen LogP contribution in [-0.2, 0) is 9.59 Å². The van der Waals surface area contributed by atoms with E-state index in [2.05, 4.69) is 5.32 Å². The van der Waals surface area contributed by atoms with Crippen molar-refractivity contribution in [2.75, 3.05) is 6.61 Å². The Hall–Kier alpha value is -1.14. The van der Waals surface area contributed by atoms with Crippen molar-refractivity contribution in [2.24, 2.45) is 5.73 Å². The molecule has 6 nitrogen and oxygen atoms in total. The monoisotopic (exact) mass is 202 g/mol. The number of carbonyl (C=O) groups excluding carboxylic acids is 1. The lowest BCUT2D eigenvalue weighted by Gasteiger charge is -2.15. The second kappa shape index (κ2) is 3.93. The molecule has 14 heavy (non-hydrogen) atoms. The number of nitrogens with one attached hydrogen (secondary N) is 1. The Balaban J connectivity index is 2.46. The average molecular weight is 202 g/mol. The number of hydrogen-bond acceptors (Lipinski definition) is 4. The van der Waals surface area contributed by atoms with Gasteiger partial charge in [-0.15, -0.1) is 0 Å². The molecule has 1 saturated carbocycles. The van der Waals surface area contributed by atoms with Crippen LogP contribution in [0.5, 0.6) is 0 Å². The van der Waals surface area contributed by atoms with E-state index in [9.17, 15) is 9.59 Å². The van der Waals surface area contributed by atoms with Crippen LogP contribution in [-0.4, -0.2) is 40.3 Å². The summed E-state index contributed by atoms with van der Waals surface area (Å²) >= 11 is 0. The average Bonchev–Trinajstić information content (AvgIpc) is 2.84. The third-order valence-corrected chi connectivity index (χ3v) is 2.26. The first-order chi connectivity index (χ1) is 6.49. The molecule has 0 bridgehead atoms. The van der Waals surface area contributed by atoms with Crippen molar-refractivity contribution in [3.63, 3.8) is 0 Å². The predicted molar refractivity (Wildman–Crippen MR) is 47.4 cm³/mol. The van der Waals surface area contributed by atoms with E-state index in [1.54, 1.807) is 0 Å². The highest BCUT2D eigenvalue weighted by molar-refractivity contribution is 5.92. The minimum absolute atomic E-state index is 0.00282. The summed E-state index contributed by atoms with van der Waals surface area (Å²) in [5.74, 6) is -1.60. The Bertz CT molecular complexity index is 250. The first kappa shape index (κ1) is 10.9. The third-order valence-electron chi connectivity index (χ3n) is 2.26. The summed E-state index contributed by atoms with van der Waals surface area (Å²) in [5, 5.41) is 19.5. The van der Waals surface area contributed by atoms with E-state index < -0.39 is 23.5 Å². The maximum absolute atomic E-state index is 11.3. The fourth-order valence-electron chi connectivity index (χ4n) is 1.05. The fraction of sp³-hybridized carbons (Fsp3) is 0.750. The van der Waals surface area contributed by atoms with Crippen molar-refractivity contribution in [1.82, 2.24) is 5.32 Å². The number of aliphatic carboxylic acids is 1. The van der Waals surface area contributed by atoms with Crippen molar-refractivity contribution in [3.8, 4) is 0 Å². The molecule has 1 atom stereocenters. The van der Waals surface area contributed by atoms with Gasteiger partial charge in [0.2, 0.25) is 5.91 Å². The second-order valence-corrected chi connectivity index (χ2v) is 3.53. The first-order valence-corrected chi connectivity index (χ1v) is 4.43. The SMILES string of the molecule is NC1(C(=O)N[C@H](CCO)C(=O)O)CC1. The topological polar surface area (TPSA) is 113 Å². The van der Waals surface area contributed by atoms with Crippen LogP contribution >= 0.6 is 0 Å². The molecule has 0 aromatic carbocycles. The summed E-state index contributed by atoms with van der Waals surface area (Å²) in [6, 6.07) is -1.05. The van der Waals surface area contributed by atoms with Gasteiger partial charge in [-0.2, -0.15) is 0 Å². The van der Waals surface area contributed by atoms with E-state index in [4.69, 9.17) is 15.9 Å². The van der Waals surface area contributed by atoms with Gasteiger partial charge in [-0.3, -0.25) is 4.79 Å². The maximum Gasteiger partial charge on any atom is 0.326 e. The standard InChI is InChI=1S/C8H14N2O4/c9-8(2-3-8)7(14)10-5(1-4-11)6(12)13/h5,11H,1-4,9H2,(H,10,14)(H,12,13)/t5-/m1/s1. The van der Waals surface area contributed by atoms with Crippen LogP contribution in [0.25, 0.3) is 0 Å². The van der Waals surface area contributed by atoms with Gasteiger partial charge >= 0.3 is 5.97 Å². The molecule has 1 aliphatic carbocycles. The van der Waals surface area contributed by atoms with Crippen LogP contribution in [0.3, 0.4) is 0 Å². The zero-order chi connectivity index (χ0) is 10.8. The lowest BCUT2D eigenvalue weighted by Crippen LogP contribution is -2.50. The van der Waals surface area contributed by atoms with Gasteiger partial charge in [0, 0.05) is 13.0 Å². The van der Waals surface area contributed by atoms with Crippen molar-refractivity contribution in [3.05, 3.63) is 0 Å². The molecule has 0 saturated heterocycles. The van der Waals surface area contributed by atoms with E-state index in [1.165, 1.54) is 0 Å². The van der Waals surface area contributed by atoms with Crippen LogP contribution in [0.2, 0.25) is 0 Å². The summed E-state index contributed by atoms with van der Waals surface area (Å²) < 4.78 is 0. The molecule has 0 radical (unpaired) electrons. The van der Waals surface area contributed by atoms with Gasteiger partial charge in [-0.05, 0) is 12.8 Å². The van der Waals surface area contributed by atoms with Gasteiger partial charge in [0.25, 0.3) is 0 Å². The van der Waals surface area contributed by atoms with Crippen LogP contribution < -0.4 is 11.1 Å². The normalized spacial score (nSPS) is 19.9. The van der Waals surface area contributed by atoms with E-state index in [0.717, 1.165) is 0 Å². The summed E-state index contributed by atoms with van der Waals surface area (Å²) in [7, 11) is 0. The summed E-state index contributed by atoms with van der Waals surface area (Å²) in [6.07, 6.45) is 1.17. The Morgan fingerprint density at radius 1 is 1.50 bits per heavy atom. The number of hydrogen-bond donors (Lipinski definition) is 4. The van der Waals surface area contributed by atoms with Crippen molar-refractivity contribution < 1.29 is 19.8 Å². The van der Waals surface area contributed by atoms with Gasteiger partial charge in [-0.25, -0.2) is 4.79 Å². The zero-order valence-corrected chi connectivity index (χ0v) is 7.69. The molecule has 1 rings (SSSR count). The van der Waals surface area contributed by atoms with Crippen LogP contribution in [0.1, 0.15) is 19.3 Å². The van der Waals surface area contributed by atoms with E-state index >= 15 is 0 Å². The van der Waals surface area contributed by atoms with Crippen LogP contribution in [0, 0.1) is 0 Å². The van der Waals surface area contributed by atoms with Crippen molar-refractivity contribution >= 4 is 11.9 Å². The molecular weight excluding hydrogens is 188 g/mol. The van der Waals surface area contributed by atoms with Crippen molar-refractivity contribution in [1.29, 1.82) is 0 Å². The molecular formula is C8H14N2O4. The molecule has 0 aromatic rings. The smallest absolute Gasteiger partial charge is 0.326 e. The molecule has 1 fully saturated rings. The highest BCUT2D eigenvalue weighted by atomic mass is 16.4. The number of carbonyl (C=O) groups is 2.